The monoisotopic (exact) mass is 182 g/mol. The molecule has 0 saturated carbocycles. The fourth-order valence-electron chi connectivity index (χ4n) is 1.06. The molecule has 1 aromatic heterocycles. The molecule has 66 valence electrons. The van der Waals surface area contributed by atoms with E-state index in [4.69, 9.17) is 0 Å². The second kappa shape index (κ2) is 2.65. The Morgan fingerprint density at radius 1 is 1.15 bits per heavy atom. The number of halogens is 2. The van der Waals surface area contributed by atoms with Crippen LogP contribution in [0, 0.1) is 11.6 Å². The lowest BCUT2D eigenvalue weighted by molar-refractivity contribution is 0.485. The van der Waals surface area contributed by atoms with Gasteiger partial charge in [-0.15, -0.1) is 0 Å². The highest BCUT2D eigenvalue weighted by molar-refractivity contribution is 5.76. The number of hydrogen-bond donors (Lipinski definition) is 0. The zero-order valence-corrected chi connectivity index (χ0v) is 6.38. The van der Waals surface area contributed by atoms with Crippen LogP contribution in [0.4, 0.5) is 8.78 Å². The van der Waals surface area contributed by atoms with Gasteiger partial charge in [-0.25, -0.2) is 9.18 Å². The summed E-state index contributed by atoms with van der Waals surface area (Å²) in [5.74, 6) is -1.50. The molecule has 0 N–H and O–H groups in total. The summed E-state index contributed by atoms with van der Waals surface area (Å²) >= 11 is 0. The van der Waals surface area contributed by atoms with Crippen molar-refractivity contribution in [1.82, 2.24) is 0 Å². The van der Waals surface area contributed by atoms with Crippen LogP contribution in [0.5, 0.6) is 0 Å². The molecule has 0 aliphatic heterocycles. The maximum atomic E-state index is 12.6. The molecule has 13 heavy (non-hydrogen) atoms. The van der Waals surface area contributed by atoms with Gasteiger partial charge < -0.3 is 4.42 Å². The first kappa shape index (κ1) is 7.91. The summed E-state index contributed by atoms with van der Waals surface area (Å²) in [7, 11) is 0. The molecule has 0 saturated heterocycles. The van der Waals surface area contributed by atoms with Crippen molar-refractivity contribution >= 4 is 11.0 Å². The molecule has 0 spiro atoms. The van der Waals surface area contributed by atoms with Gasteiger partial charge in [0.1, 0.15) is 11.4 Å². The van der Waals surface area contributed by atoms with Gasteiger partial charge in [0.05, 0.1) is 0 Å². The van der Waals surface area contributed by atoms with Gasteiger partial charge in [-0.2, -0.15) is 4.39 Å². The average Bonchev–Trinajstić information content (AvgIpc) is 2.08. The Kier molecular flexibility index (Phi) is 1.62. The van der Waals surface area contributed by atoms with Crippen molar-refractivity contribution in [3.63, 3.8) is 0 Å². The number of benzene rings is 1. The molecule has 0 aliphatic rings. The molecule has 0 fully saturated rings. The van der Waals surface area contributed by atoms with Crippen LogP contribution in [-0.4, -0.2) is 0 Å². The lowest BCUT2D eigenvalue weighted by atomic mass is 10.2. The third-order valence-corrected chi connectivity index (χ3v) is 1.66. The molecule has 4 heteroatoms. The summed E-state index contributed by atoms with van der Waals surface area (Å²) < 4.78 is 29.8. The van der Waals surface area contributed by atoms with E-state index < -0.39 is 17.3 Å². The molecule has 0 atom stereocenters. The Bertz CT molecular complexity index is 516. The lowest BCUT2D eigenvalue weighted by Gasteiger charge is -1.95. The maximum absolute atomic E-state index is 12.6. The van der Waals surface area contributed by atoms with Crippen LogP contribution < -0.4 is 5.63 Å². The molecule has 0 radical (unpaired) electrons. The quantitative estimate of drug-likeness (QED) is 0.584. The van der Waals surface area contributed by atoms with E-state index in [1.807, 2.05) is 0 Å². The largest absolute Gasteiger partial charge is 0.420 e. The Hall–Kier alpha value is -1.71. The molecule has 0 bridgehead atoms. The summed E-state index contributed by atoms with van der Waals surface area (Å²) in [4.78, 5) is 10.7. The van der Waals surface area contributed by atoms with E-state index in [1.54, 1.807) is 0 Å². The standard InChI is InChI=1S/C9H4F2O2/c10-6-2-1-5-3-7(11)9(12)13-8(5)4-6/h1-4H. The number of fused-ring (bicyclic) bond motifs is 1. The van der Waals surface area contributed by atoms with Crippen LogP contribution in [0.25, 0.3) is 11.0 Å². The molecule has 0 unspecified atom stereocenters. The van der Waals surface area contributed by atoms with Crippen molar-refractivity contribution in [2.24, 2.45) is 0 Å². The van der Waals surface area contributed by atoms with Crippen molar-refractivity contribution in [3.05, 3.63) is 46.3 Å². The van der Waals surface area contributed by atoms with E-state index in [0.717, 1.165) is 12.1 Å². The fraction of sp³-hybridized carbons (Fsp3) is 0. The van der Waals surface area contributed by atoms with Crippen LogP contribution in [-0.2, 0) is 0 Å². The Morgan fingerprint density at radius 2 is 1.92 bits per heavy atom. The minimum Gasteiger partial charge on any atom is -0.420 e. The molecule has 0 aliphatic carbocycles. The van der Waals surface area contributed by atoms with Crippen LogP contribution >= 0.6 is 0 Å². The predicted molar refractivity (Wildman–Crippen MR) is 42.4 cm³/mol. The minimum absolute atomic E-state index is 0.0476. The predicted octanol–water partition coefficient (Wildman–Crippen LogP) is 2.07. The first-order valence-corrected chi connectivity index (χ1v) is 3.56. The first-order valence-electron chi connectivity index (χ1n) is 3.56. The topological polar surface area (TPSA) is 30.2 Å². The van der Waals surface area contributed by atoms with E-state index in [-0.39, 0.29) is 5.58 Å². The molecule has 1 heterocycles. The molecule has 2 rings (SSSR count). The van der Waals surface area contributed by atoms with E-state index in [0.29, 0.717) is 5.39 Å². The molecule has 2 aromatic rings. The minimum atomic E-state index is -1.09. The summed E-state index contributed by atoms with van der Waals surface area (Å²) in [6, 6.07) is 4.56. The molecule has 0 amide bonds. The van der Waals surface area contributed by atoms with Gasteiger partial charge in [-0.3, -0.25) is 0 Å². The van der Waals surface area contributed by atoms with Crippen molar-refractivity contribution in [3.8, 4) is 0 Å². The Balaban J connectivity index is 2.89. The number of rotatable bonds is 0. The lowest BCUT2D eigenvalue weighted by Crippen LogP contribution is -2.03. The summed E-state index contributed by atoms with van der Waals surface area (Å²) in [5, 5.41) is 0.360. The van der Waals surface area contributed by atoms with Crippen molar-refractivity contribution in [2.45, 2.75) is 0 Å². The highest BCUT2D eigenvalue weighted by Crippen LogP contribution is 2.13. The zero-order chi connectivity index (χ0) is 9.42. The Labute approximate surface area is 71.4 Å². The molecule has 2 nitrogen and oxygen atoms in total. The van der Waals surface area contributed by atoms with Gasteiger partial charge in [0.15, 0.2) is 0 Å². The molecular weight excluding hydrogens is 178 g/mol. The van der Waals surface area contributed by atoms with E-state index in [1.165, 1.54) is 12.1 Å². The van der Waals surface area contributed by atoms with E-state index >= 15 is 0 Å². The zero-order valence-electron chi connectivity index (χ0n) is 6.38. The van der Waals surface area contributed by atoms with Crippen LogP contribution in [0.3, 0.4) is 0 Å². The maximum Gasteiger partial charge on any atom is 0.372 e. The van der Waals surface area contributed by atoms with Gasteiger partial charge in [-0.05, 0) is 18.2 Å². The normalized spacial score (nSPS) is 10.6. The van der Waals surface area contributed by atoms with Crippen molar-refractivity contribution < 1.29 is 13.2 Å². The summed E-state index contributed by atoms with van der Waals surface area (Å²) in [5.41, 5.74) is -1.04. The van der Waals surface area contributed by atoms with Crippen LogP contribution in [0.2, 0.25) is 0 Å². The van der Waals surface area contributed by atoms with E-state index in [9.17, 15) is 13.6 Å². The fourth-order valence-corrected chi connectivity index (χ4v) is 1.06. The summed E-state index contributed by atoms with van der Waals surface area (Å²) in [6.45, 7) is 0. The highest BCUT2D eigenvalue weighted by Gasteiger charge is 2.04. The van der Waals surface area contributed by atoms with E-state index in [2.05, 4.69) is 4.42 Å². The van der Waals surface area contributed by atoms with Gasteiger partial charge in [0, 0.05) is 11.5 Å². The van der Waals surface area contributed by atoms with Gasteiger partial charge in [0.25, 0.3) is 0 Å². The SMILES string of the molecule is O=c1oc2cc(F)ccc2cc1F. The smallest absolute Gasteiger partial charge is 0.372 e. The number of hydrogen-bond acceptors (Lipinski definition) is 2. The van der Waals surface area contributed by atoms with Gasteiger partial charge in [0.2, 0.25) is 5.82 Å². The molecular formula is C9H4F2O2. The highest BCUT2D eigenvalue weighted by atomic mass is 19.1. The second-order valence-electron chi connectivity index (χ2n) is 2.56. The van der Waals surface area contributed by atoms with Gasteiger partial charge in [-0.1, -0.05) is 0 Å². The second-order valence-corrected chi connectivity index (χ2v) is 2.56. The molecule has 1 aromatic carbocycles. The summed E-state index contributed by atoms with van der Waals surface area (Å²) in [6.07, 6.45) is 0. The van der Waals surface area contributed by atoms with Crippen molar-refractivity contribution in [2.75, 3.05) is 0 Å². The third kappa shape index (κ3) is 1.30. The average molecular weight is 182 g/mol. The van der Waals surface area contributed by atoms with Gasteiger partial charge >= 0.3 is 5.63 Å². The Morgan fingerprint density at radius 3 is 2.69 bits per heavy atom. The van der Waals surface area contributed by atoms with Crippen LogP contribution in [0.1, 0.15) is 0 Å². The van der Waals surface area contributed by atoms with Crippen molar-refractivity contribution in [1.29, 1.82) is 0 Å². The van der Waals surface area contributed by atoms with Crippen LogP contribution in [0.15, 0.2) is 33.5 Å². The first-order chi connectivity index (χ1) is 6.16. The third-order valence-electron chi connectivity index (χ3n) is 1.66.